The number of hydrogen-bond acceptors (Lipinski definition) is 2. The minimum Gasteiger partial charge on any atom is -0.348 e. The number of nitrogens with zero attached hydrogens (tertiary/aromatic N) is 1. The molecule has 1 aromatic carbocycles. The summed E-state index contributed by atoms with van der Waals surface area (Å²) in [4.78, 5) is 14.2. The maximum absolute atomic E-state index is 11.8. The normalized spacial score (nSPS) is 22.1. The fourth-order valence-electron chi connectivity index (χ4n) is 3.24. The Labute approximate surface area is 115 Å². The Morgan fingerprint density at radius 1 is 1.21 bits per heavy atom. The van der Waals surface area contributed by atoms with Crippen LogP contribution in [0.2, 0.25) is 0 Å². The number of anilines is 1. The van der Waals surface area contributed by atoms with Gasteiger partial charge in [0.2, 0.25) is 5.91 Å². The van der Waals surface area contributed by atoms with Gasteiger partial charge in [-0.1, -0.05) is 19.9 Å². The van der Waals surface area contributed by atoms with Gasteiger partial charge in [0.25, 0.3) is 0 Å². The zero-order chi connectivity index (χ0) is 13.6. The first-order valence-electron chi connectivity index (χ1n) is 7.10. The van der Waals surface area contributed by atoms with Crippen molar-refractivity contribution < 1.29 is 4.79 Å². The maximum atomic E-state index is 11.8. The van der Waals surface area contributed by atoms with E-state index in [4.69, 9.17) is 0 Å². The molecule has 2 heterocycles. The minimum absolute atomic E-state index is 0.0507. The molecule has 0 atom stereocenters. The van der Waals surface area contributed by atoms with Gasteiger partial charge in [0, 0.05) is 17.5 Å². The number of nitrogens with one attached hydrogen (secondary N) is 1. The SMILES string of the molecule is BN1CCc2cc3c(cc2CC1)C(C)(C)CC(=O)N3. The quantitative estimate of drug-likeness (QED) is 0.709. The molecule has 0 saturated carbocycles. The van der Waals surface area contributed by atoms with Gasteiger partial charge in [-0.05, 0) is 48.7 Å². The van der Waals surface area contributed by atoms with Crippen molar-refractivity contribution in [3.8, 4) is 0 Å². The summed E-state index contributed by atoms with van der Waals surface area (Å²) in [6.45, 7) is 6.56. The predicted molar refractivity (Wildman–Crippen MR) is 80.2 cm³/mol. The van der Waals surface area contributed by atoms with Crippen LogP contribution in [0.15, 0.2) is 12.1 Å². The summed E-state index contributed by atoms with van der Waals surface area (Å²) < 4.78 is 0. The smallest absolute Gasteiger partial charge is 0.225 e. The van der Waals surface area contributed by atoms with Gasteiger partial charge in [0.1, 0.15) is 0 Å². The summed E-state index contributed by atoms with van der Waals surface area (Å²) >= 11 is 0. The van der Waals surface area contributed by atoms with E-state index < -0.39 is 0 Å². The van der Waals surface area contributed by atoms with Crippen LogP contribution in [0.1, 0.15) is 37.0 Å². The van der Waals surface area contributed by atoms with Gasteiger partial charge in [0.05, 0.1) is 0 Å². The molecule has 100 valence electrons. The van der Waals surface area contributed by atoms with Gasteiger partial charge in [-0.3, -0.25) is 4.79 Å². The molecule has 1 N–H and O–H groups in total. The van der Waals surface area contributed by atoms with Crippen molar-refractivity contribution in [1.29, 1.82) is 0 Å². The van der Waals surface area contributed by atoms with Crippen molar-refractivity contribution in [1.82, 2.24) is 4.81 Å². The van der Waals surface area contributed by atoms with Gasteiger partial charge >= 0.3 is 0 Å². The second kappa shape index (κ2) is 4.38. The molecule has 0 aliphatic carbocycles. The Kier molecular flexibility index (Phi) is 2.93. The largest absolute Gasteiger partial charge is 0.348 e. The summed E-state index contributed by atoms with van der Waals surface area (Å²) in [6, 6.07) is 4.55. The highest BCUT2D eigenvalue weighted by atomic mass is 16.1. The Balaban J connectivity index is 2.07. The third kappa shape index (κ3) is 2.29. The van der Waals surface area contributed by atoms with Gasteiger partial charge in [0.15, 0.2) is 7.98 Å². The number of amides is 1. The van der Waals surface area contributed by atoms with E-state index in [2.05, 4.69) is 44.1 Å². The zero-order valence-electron chi connectivity index (χ0n) is 12.0. The highest BCUT2D eigenvalue weighted by Gasteiger charge is 2.32. The summed E-state index contributed by atoms with van der Waals surface area (Å²) in [6.07, 6.45) is 2.78. The molecule has 1 amide bonds. The molecule has 0 spiro atoms. The van der Waals surface area contributed by atoms with Crippen LogP contribution in [-0.2, 0) is 23.1 Å². The van der Waals surface area contributed by atoms with Crippen LogP contribution in [0.5, 0.6) is 0 Å². The average molecular weight is 256 g/mol. The molecule has 2 aliphatic rings. The van der Waals surface area contributed by atoms with Gasteiger partial charge < -0.3 is 10.1 Å². The molecular weight excluding hydrogens is 235 g/mol. The zero-order valence-corrected chi connectivity index (χ0v) is 12.0. The van der Waals surface area contributed by atoms with E-state index in [0.29, 0.717) is 6.42 Å². The first-order chi connectivity index (χ1) is 8.95. The van der Waals surface area contributed by atoms with E-state index >= 15 is 0 Å². The Bertz CT molecular complexity index is 539. The van der Waals surface area contributed by atoms with E-state index in [1.54, 1.807) is 0 Å². The molecular formula is C15H21BN2O. The third-order valence-corrected chi connectivity index (χ3v) is 4.47. The summed E-state index contributed by atoms with van der Waals surface area (Å²) in [7, 11) is 2.18. The number of benzene rings is 1. The van der Waals surface area contributed by atoms with Crippen LogP contribution in [0.25, 0.3) is 0 Å². The summed E-state index contributed by atoms with van der Waals surface area (Å²) in [5.41, 5.74) is 5.15. The number of carbonyl (C=O) groups is 1. The molecule has 0 radical (unpaired) electrons. The number of fused-ring (bicyclic) bond motifs is 2. The molecule has 0 fully saturated rings. The molecule has 19 heavy (non-hydrogen) atoms. The van der Waals surface area contributed by atoms with E-state index in [1.807, 2.05) is 0 Å². The fraction of sp³-hybridized carbons (Fsp3) is 0.533. The predicted octanol–water partition coefficient (Wildman–Crippen LogP) is 1.26. The lowest BCUT2D eigenvalue weighted by Gasteiger charge is -2.33. The van der Waals surface area contributed by atoms with Crippen LogP contribution in [0, 0.1) is 0 Å². The average Bonchev–Trinajstić information content (AvgIpc) is 2.49. The lowest BCUT2D eigenvalue weighted by Crippen LogP contribution is -2.32. The topological polar surface area (TPSA) is 32.3 Å². The monoisotopic (exact) mass is 256 g/mol. The van der Waals surface area contributed by atoms with Gasteiger partial charge in [-0.2, -0.15) is 0 Å². The van der Waals surface area contributed by atoms with Gasteiger partial charge in [-0.15, -0.1) is 0 Å². The number of hydrogen-bond donors (Lipinski definition) is 1. The van der Waals surface area contributed by atoms with Crippen LogP contribution in [-0.4, -0.2) is 31.8 Å². The Morgan fingerprint density at radius 3 is 2.53 bits per heavy atom. The highest BCUT2D eigenvalue weighted by molar-refractivity contribution is 6.04. The van der Waals surface area contributed by atoms with Crippen molar-refractivity contribution >= 4 is 19.6 Å². The van der Waals surface area contributed by atoms with Crippen LogP contribution in [0.4, 0.5) is 5.69 Å². The Morgan fingerprint density at radius 2 is 1.84 bits per heavy atom. The summed E-state index contributed by atoms with van der Waals surface area (Å²) in [5, 5.41) is 3.04. The first-order valence-corrected chi connectivity index (χ1v) is 7.10. The van der Waals surface area contributed by atoms with Crippen LogP contribution >= 0.6 is 0 Å². The van der Waals surface area contributed by atoms with Gasteiger partial charge in [-0.25, -0.2) is 0 Å². The summed E-state index contributed by atoms with van der Waals surface area (Å²) in [5.74, 6) is 0.142. The molecule has 0 unspecified atom stereocenters. The molecule has 2 aliphatic heterocycles. The second-order valence-corrected chi connectivity index (χ2v) is 6.58. The second-order valence-electron chi connectivity index (χ2n) is 6.58. The van der Waals surface area contributed by atoms with Crippen molar-refractivity contribution in [2.75, 3.05) is 18.4 Å². The first kappa shape index (κ1) is 12.7. The standard InChI is InChI=1S/C15H21BN2O/c1-15(2)9-14(19)17-13-8-11-4-6-18(16)5-3-10(11)7-12(13)15/h7-8H,3-6,9,16H2,1-2H3,(H,17,19). The van der Waals surface area contributed by atoms with Crippen LogP contribution < -0.4 is 5.32 Å². The molecule has 1 aromatic rings. The lowest BCUT2D eigenvalue weighted by molar-refractivity contribution is -0.117. The van der Waals surface area contributed by atoms with Crippen molar-refractivity contribution in [3.05, 3.63) is 28.8 Å². The minimum atomic E-state index is -0.0507. The van der Waals surface area contributed by atoms with Crippen molar-refractivity contribution in [2.45, 2.75) is 38.5 Å². The molecule has 0 aromatic heterocycles. The van der Waals surface area contributed by atoms with E-state index in [9.17, 15) is 4.79 Å². The molecule has 3 rings (SSSR count). The number of carbonyl (C=O) groups excluding carboxylic acids is 1. The van der Waals surface area contributed by atoms with E-state index in [-0.39, 0.29) is 11.3 Å². The molecule has 4 heteroatoms. The maximum Gasteiger partial charge on any atom is 0.225 e. The lowest BCUT2D eigenvalue weighted by atomic mass is 9.76. The molecule has 0 saturated heterocycles. The van der Waals surface area contributed by atoms with Crippen molar-refractivity contribution in [3.63, 3.8) is 0 Å². The van der Waals surface area contributed by atoms with Crippen LogP contribution in [0.3, 0.4) is 0 Å². The van der Waals surface area contributed by atoms with E-state index in [1.165, 1.54) is 16.7 Å². The fourth-order valence-corrected chi connectivity index (χ4v) is 3.24. The molecule has 0 bridgehead atoms. The van der Waals surface area contributed by atoms with Crippen molar-refractivity contribution in [2.24, 2.45) is 0 Å². The number of rotatable bonds is 0. The third-order valence-electron chi connectivity index (χ3n) is 4.47. The molecule has 3 nitrogen and oxygen atoms in total. The highest BCUT2D eigenvalue weighted by Crippen LogP contribution is 2.39. The van der Waals surface area contributed by atoms with E-state index in [0.717, 1.165) is 31.6 Å². The Hall–Kier alpha value is -1.29.